The number of fused-ring (bicyclic) bond motifs is 2. The molecule has 1 fully saturated rings. The van der Waals surface area contributed by atoms with Gasteiger partial charge in [0.25, 0.3) is 5.91 Å². The zero-order valence-electron chi connectivity index (χ0n) is 20.0. The Bertz CT molecular complexity index is 1380. The number of pyridine rings is 3. The molecule has 0 saturated carbocycles. The molecule has 11 heteroatoms. The number of anilines is 1. The summed E-state index contributed by atoms with van der Waals surface area (Å²) in [5.41, 5.74) is 2.54. The van der Waals surface area contributed by atoms with Crippen molar-refractivity contribution in [3.05, 3.63) is 53.9 Å². The van der Waals surface area contributed by atoms with Crippen molar-refractivity contribution in [3.8, 4) is 5.88 Å². The van der Waals surface area contributed by atoms with Crippen LogP contribution in [-0.2, 0) is 14.3 Å². The van der Waals surface area contributed by atoms with Gasteiger partial charge in [0, 0.05) is 24.2 Å². The van der Waals surface area contributed by atoms with Gasteiger partial charge in [-0.15, -0.1) is 11.8 Å². The first kappa shape index (κ1) is 24.8. The van der Waals surface area contributed by atoms with Crippen LogP contribution in [-0.4, -0.2) is 64.2 Å². The SMILES string of the molecule is COc1ccc2nccc(C=CC3CCC(NC(=O)c4ccc5c(n4)NC(=O)CS5)C(CC=O)O3)c2n1. The van der Waals surface area contributed by atoms with Crippen molar-refractivity contribution in [2.75, 3.05) is 18.2 Å². The average Bonchev–Trinajstić information content (AvgIpc) is 2.92. The second-order valence-electron chi connectivity index (χ2n) is 8.63. The molecule has 0 aromatic carbocycles. The number of rotatable bonds is 7. The molecule has 2 aliphatic rings. The highest BCUT2D eigenvalue weighted by atomic mass is 32.2. The molecule has 0 bridgehead atoms. The predicted octanol–water partition coefficient (Wildman–Crippen LogP) is 3.03. The van der Waals surface area contributed by atoms with Gasteiger partial charge in [0.05, 0.1) is 47.0 Å². The summed E-state index contributed by atoms with van der Waals surface area (Å²) in [6, 6.07) is 8.54. The summed E-state index contributed by atoms with van der Waals surface area (Å²) >= 11 is 1.38. The molecule has 2 amide bonds. The third-order valence-corrected chi connectivity index (χ3v) is 7.25. The van der Waals surface area contributed by atoms with Gasteiger partial charge in [-0.05, 0) is 37.1 Å². The number of hydrogen-bond donors (Lipinski definition) is 2. The molecule has 2 N–H and O–H groups in total. The van der Waals surface area contributed by atoms with Crippen LogP contribution in [0.5, 0.6) is 5.88 Å². The second-order valence-corrected chi connectivity index (χ2v) is 9.65. The number of thioether (sulfide) groups is 1. The lowest BCUT2D eigenvalue weighted by molar-refractivity contribution is -0.114. The molecule has 0 radical (unpaired) electrons. The maximum Gasteiger partial charge on any atom is 0.270 e. The molecule has 5 heterocycles. The fourth-order valence-electron chi connectivity index (χ4n) is 4.36. The van der Waals surface area contributed by atoms with E-state index in [-0.39, 0.29) is 36.1 Å². The minimum atomic E-state index is -0.481. The number of aromatic nitrogens is 3. The highest BCUT2D eigenvalue weighted by molar-refractivity contribution is 8.00. The average molecular weight is 520 g/mol. The number of carbonyl (C=O) groups excluding carboxylic acids is 3. The van der Waals surface area contributed by atoms with E-state index in [4.69, 9.17) is 9.47 Å². The van der Waals surface area contributed by atoms with E-state index in [1.807, 2.05) is 24.3 Å². The number of nitrogens with one attached hydrogen (secondary N) is 2. The summed E-state index contributed by atoms with van der Waals surface area (Å²) in [5.74, 6) is 0.685. The standard InChI is InChI=1S/C26H25N5O5S/c1-35-23-9-7-18-24(31-23)15(10-12-27-18)2-3-16-4-5-17(20(36-16)11-13-32)29-26(34)19-6-8-21-25(28-19)30-22(33)14-37-21/h2-3,6-10,12-13,16-17,20H,4-5,11,14H2,1H3,(H,29,34)(H,28,30,33). The van der Waals surface area contributed by atoms with Crippen molar-refractivity contribution >= 4 is 52.8 Å². The third-order valence-electron chi connectivity index (χ3n) is 6.20. The number of hydrogen-bond acceptors (Lipinski definition) is 9. The minimum Gasteiger partial charge on any atom is -0.481 e. The Morgan fingerprint density at radius 2 is 2.14 bits per heavy atom. The number of methoxy groups -OCH3 is 1. The predicted molar refractivity (Wildman–Crippen MR) is 139 cm³/mol. The molecule has 3 atom stereocenters. The van der Waals surface area contributed by atoms with E-state index in [9.17, 15) is 14.4 Å². The van der Waals surface area contributed by atoms with Crippen LogP contribution in [0.15, 0.2) is 47.5 Å². The van der Waals surface area contributed by atoms with Crippen molar-refractivity contribution in [1.29, 1.82) is 0 Å². The van der Waals surface area contributed by atoms with Gasteiger partial charge in [-0.3, -0.25) is 14.6 Å². The molecule has 1 saturated heterocycles. The molecule has 190 valence electrons. The van der Waals surface area contributed by atoms with Gasteiger partial charge in [-0.2, -0.15) is 0 Å². The lowest BCUT2D eigenvalue weighted by atomic mass is 9.95. The summed E-state index contributed by atoms with van der Waals surface area (Å²) < 4.78 is 11.4. The highest BCUT2D eigenvalue weighted by Crippen LogP contribution is 2.30. The van der Waals surface area contributed by atoms with Crippen LogP contribution in [0.4, 0.5) is 5.82 Å². The van der Waals surface area contributed by atoms with Crippen molar-refractivity contribution in [1.82, 2.24) is 20.3 Å². The molecule has 2 aliphatic heterocycles. The number of ether oxygens (including phenoxy) is 2. The van der Waals surface area contributed by atoms with Crippen LogP contribution in [0.25, 0.3) is 17.1 Å². The molecule has 0 aliphatic carbocycles. The lowest BCUT2D eigenvalue weighted by Crippen LogP contribution is -2.49. The van der Waals surface area contributed by atoms with Crippen molar-refractivity contribution in [3.63, 3.8) is 0 Å². The molecule has 3 aromatic rings. The van der Waals surface area contributed by atoms with Gasteiger partial charge in [0.1, 0.15) is 17.8 Å². The summed E-state index contributed by atoms with van der Waals surface area (Å²) in [6.45, 7) is 0. The maximum absolute atomic E-state index is 12.9. The van der Waals surface area contributed by atoms with E-state index in [1.54, 1.807) is 31.5 Å². The smallest absolute Gasteiger partial charge is 0.270 e. The zero-order valence-corrected chi connectivity index (χ0v) is 20.9. The molecular formula is C26H25N5O5S. The van der Waals surface area contributed by atoms with E-state index in [1.165, 1.54) is 11.8 Å². The number of carbonyl (C=O) groups is 3. The Morgan fingerprint density at radius 3 is 2.97 bits per heavy atom. The Kier molecular flexibility index (Phi) is 7.42. The van der Waals surface area contributed by atoms with Gasteiger partial charge in [-0.25, -0.2) is 9.97 Å². The molecule has 5 rings (SSSR count). The van der Waals surface area contributed by atoms with Crippen LogP contribution >= 0.6 is 11.8 Å². The first-order chi connectivity index (χ1) is 18.0. The van der Waals surface area contributed by atoms with Crippen LogP contribution < -0.4 is 15.4 Å². The van der Waals surface area contributed by atoms with E-state index in [0.29, 0.717) is 30.3 Å². The molecule has 10 nitrogen and oxygen atoms in total. The van der Waals surface area contributed by atoms with Gasteiger partial charge in [0.2, 0.25) is 11.8 Å². The minimum absolute atomic E-state index is 0.149. The van der Waals surface area contributed by atoms with Crippen LogP contribution in [0.1, 0.15) is 35.3 Å². The van der Waals surface area contributed by atoms with Gasteiger partial charge < -0.3 is 24.9 Å². The van der Waals surface area contributed by atoms with Crippen LogP contribution in [0.3, 0.4) is 0 Å². The van der Waals surface area contributed by atoms with E-state index >= 15 is 0 Å². The van der Waals surface area contributed by atoms with Crippen molar-refractivity contribution in [2.45, 2.75) is 42.4 Å². The van der Waals surface area contributed by atoms with Gasteiger partial charge in [0.15, 0.2) is 0 Å². The first-order valence-corrected chi connectivity index (χ1v) is 12.8. The topological polar surface area (TPSA) is 132 Å². The quantitative estimate of drug-likeness (QED) is 0.452. The number of nitrogens with zero attached hydrogens (tertiary/aromatic N) is 3. The van der Waals surface area contributed by atoms with Crippen molar-refractivity contribution in [2.24, 2.45) is 0 Å². The number of amides is 2. The zero-order chi connectivity index (χ0) is 25.8. The molecular weight excluding hydrogens is 494 g/mol. The fourth-order valence-corrected chi connectivity index (χ4v) is 5.11. The summed E-state index contributed by atoms with van der Waals surface area (Å²) in [6.07, 6.45) is 7.10. The lowest BCUT2D eigenvalue weighted by Gasteiger charge is -2.35. The van der Waals surface area contributed by atoms with Crippen LogP contribution in [0, 0.1) is 0 Å². The Balaban J connectivity index is 1.27. The summed E-state index contributed by atoms with van der Waals surface area (Å²) in [7, 11) is 1.57. The Hall–Kier alpha value is -3.83. The molecule has 3 aromatic heterocycles. The van der Waals surface area contributed by atoms with Crippen LogP contribution in [0.2, 0.25) is 0 Å². The summed E-state index contributed by atoms with van der Waals surface area (Å²) in [4.78, 5) is 49.9. The summed E-state index contributed by atoms with van der Waals surface area (Å²) in [5, 5.41) is 5.65. The maximum atomic E-state index is 12.9. The molecule has 0 spiro atoms. The fraction of sp³-hybridized carbons (Fsp3) is 0.308. The largest absolute Gasteiger partial charge is 0.481 e. The highest BCUT2D eigenvalue weighted by Gasteiger charge is 2.32. The molecule has 37 heavy (non-hydrogen) atoms. The molecule has 3 unspecified atom stereocenters. The number of aldehydes is 1. The van der Waals surface area contributed by atoms with E-state index < -0.39 is 6.10 Å². The Morgan fingerprint density at radius 1 is 1.24 bits per heavy atom. The Labute approximate surface area is 217 Å². The first-order valence-electron chi connectivity index (χ1n) is 11.9. The normalized spacial score (nSPS) is 21.3. The van der Waals surface area contributed by atoms with Gasteiger partial charge in [-0.1, -0.05) is 12.2 Å². The third kappa shape index (κ3) is 5.62. The van der Waals surface area contributed by atoms with E-state index in [0.717, 1.165) is 27.8 Å². The van der Waals surface area contributed by atoms with E-state index in [2.05, 4.69) is 25.6 Å². The van der Waals surface area contributed by atoms with Gasteiger partial charge >= 0.3 is 0 Å². The van der Waals surface area contributed by atoms with Crippen molar-refractivity contribution < 1.29 is 23.9 Å². The monoisotopic (exact) mass is 519 g/mol. The second kappa shape index (κ2) is 11.1.